The van der Waals surface area contributed by atoms with Crippen LogP contribution in [0.5, 0.6) is 0 Å². The Morgan fingerprint density at radius 1 is 0.762 bits per heavy atom. The second-order valence-electron chi connectivity index (χ2n) is 6.42. The minimum atomic E-state index is -0.317. The third-order valence-electron chi connectivity index (χ3n) is 5.63. The Morgan fingerprint density at radius 2 is 1.43 bits per heavy atom. The topological polar surface area (TPSA) is 43.4 Å². The number of hydrogen-bond acceptors (Lipinski definition) is 3. The van der Waals surface area contributed by atoms with Crippen LogP contribution in [0.15, 0.2) is 48.6 Å². The summed E-state index contributed by atoms with van der Waals surface area (Å²) in [5.74, 6) is -0.146. The number of hydrogen-bond donors (Lipinski definition) is 0. The molecule has 3 nitrogen and oxygen atoms in total. The Bertz CT molecular complexity index is 715. The molecule has 6 rings (SSSR count). The van der Waals surface area contributed by atoms with E-state index in [4.69, 9.17) is 4.74 Å². The van der Waals surface area contributed by atoms with Gasteiger partial charge in [0.2, 0.25) is 0 Å². The summed E-state index contributed by atoms with van der Waals surface area (Å²) in [5, 5.41) is 0. The maximum atomic E-state index is 12.0. The minimum absolute atomic E-state index is 0.115. The zero-order valence-electron chi connectivity index (χ0n) is 11.3. The molecule has 1 saturated carbocycles. The second-order valence-corrected chi connectivity index (χ2v) is 6.42. The fourth-order valence-corrected chi connectivity index (χ4v) is 4.77. The van der Waals surface area contributed by atoms with E-state index in [0.717, 1.165) is 0 Å². The Kier molecular flexibility index (Phi) is 2.04. The number of allylic oxidation sites excluding steroid dienone is 4. The van der Waals surface area contributed by atoms with Crippen molar-refractivity contribution < 1.29 is 14.3 Å². The predicted octanol–water partition coefficient (Wildman–Crippen LogP) is 2.45. The fourth-order valence-electron chi connectivity index (χ4n) is 4.77. The molecule has 1 aromatic carbocycles. The fraction of sp³-hybridized carbons (Fsp3) is 0.333. The van der Waals surface area contributed by atoms with Crippen LogP contribution in [0.25, 0.3) is 5.57 Å². The van der Waals surface area contributed by atoms with E-state index in [-0.39, 0.29) is 35.6 Å². The maximum absolute atomic E-state index is 12.0. The quantitative estimate of drug-likeness (QED) is 0.450. The summed E-state index contributed by atoms with van der Waals surface area (Å²) in [6, 6.07) is 10.3. The van der Waals surface area contributed by atoms with E-state index in [1.54, 1.807) is 0 Å². The molecule has 0 spiro atoms. The van der Waals surface area contributed by atoms with E-state index in [1.807, 2.05) is 18.2 Å². The SMILES string of the molecule is O=C1OC(=O)[C@@H]2[C@H]3C=C[C@@H]([C@H]4C=C(c5ccccc5)[C@H]43)[C@@H]12. The summed E-state index contributed by atoms with van der Waals surface area (Å²) in [6.45, 7) is 0. The van der Waals surface area contributed by atoms with Crippen molar-refractivity contribution in [1.82, 2.24) is 0 Å². The molecular formula is C18H14O3. The summed E-state index contributed by atoms with van der Waals surface area (Å²) in [7, 11) is 0. The van der Waals surface area contributed by atoms with E-state index in [2.05, 4.69) is 30.4 Å². The first kappa shape index (κ1) is 11.5. The number of carbonyl (C=O) groups excluding carboxylic acids is 2. The van der Waals surface area contributed by atoms with Crippen molar-refractivity contribution in [3.8, 4) is 0 Å². The molecule has 104 valence electrons. The minimum Gasteiger partial charge on any atom is -0.393 e. The molecule has 2 bridgehead atoms. The summed E-state index contributed by atoms with van der Waals surface area (Å²) < 4.78 is 4.91. The molecule has 3 heteroatoms. The third-order valence-corrected chi connectivity index (χ3v) is 5.63. The van der Waals surface area contributed by atoms with Crippen LogP contribution in [-0.4, -0.2) is 11.9 Å². The Labute approximate surface area is 122 Å². The van der Waals surface area contributed by atoms with E-state index in [0.29, 0.717) is 11.8 Å². The summed E-state index contributed by atoms with van der Waals surface area (Å²) in [4.78, 5) is 24.0. The van der Waals surface area contributed by atoms with Gasteiger partial charge in [-0.15, -0.1) is 0 Å². The van der Waals surface area contributed by atoms with E-state index < -0.39 is 0 Å². The van der Waals surface area contributed by atoms with Crippen LogP contribution in [-0.2, 0) is 14.3 Å². The molecule has 1 heterocycles. The molecule has 2 fully saturated rings. The lowest BCUT2D eigenvalue weighted by Crippen LogP contribution is -2.52. The van der Waals surface area contributed by atoms with Crippen LogP contribution in [0.4, 0.5) is 0 Å². The van der Waals surface area contributed by atoms with Gasteiger partial charge in [-0.2, -0.15) is 0 Å². The Morgan fingerprint density at radius 3 is 2.19 bits per heavy atom. The highest BCUT2D eigenvalue weighted by atomic mass is 16.6. The highest BCUT2D eigenvalue weighted by Gasteiger charge is 2.63. The molecular weight excluding hydrogens is 264 g/mol. The van der Waals surface area contributed by atoms with Crippen molar-refractivity contribution in [1.29, 1.82) is 0 Å². The molecule has 0 N–H and O–H groups in total. The number of benzene rings is 1. The van der Waals surface area contributed by atoms with Gasteiger partial charge in [-0.25, -0.2) is 0 Å². The molecule has 0 radical (unpaired) electrons. The molecule has 1 aromatic rings. The van der Waals surface area contributed by atoms with Gasteiger partial charge < -0.3 is 4.74 Å². The van der Waals surface area contributed by atoms with Crippen LogP contribution in [0, 0.1) is 35.5 Å². The van der Waals surface area contributed by atoms with Gasteiger partial charge >= 0.3 is 11.9 Å². The van der Waals surface area contributed by atoms with Crippen LogP contribution in [0.3, 0.4) is 0 Å². The number of ether oxygens (including phenoxy) is 1. The lowest BCUT2D eigenvalue weighted by atomic mass is 9.47. The van der Waals surface area contributed by atoms with Gasteiger partial charge in [0.1, 0.15) is 0 Å². The first-order valence-corrected chi connectivity index (χ1v) is 7.47. The van der Waals surface area contributed by atoms with Crippen molar-refractivity contribution in [3.05, 3.63) is 54.1 Å². The normalized spacial score (nSPS) is 42.0. The Balaban J connectivity index is 1.59. The lowest BCUT2D eigenvalue weighted by molar-refractivity contribution is -0.154. The molecule has 1 saturated heterocycles. The number of carbonyl (C=O) groups is 2. The average Bonchev–Trinajstić information content (AvgIpc) is 2.77. The van der Waals surface area contributed by atoms with Gasteiger partial charge in [-0.05, 0) is 34.8 Å². The first-order chi connectivity index (χ1) is 10.3. The standard InChI is InChI=1S/C18H14O3/c19-17-15-10-6-7-11(16(15)18(20)21-17)14-12(8-13(10)14)9-4-2-1-3-5-9/h1-8,10-11,13-16H/t10-,11-,13+,14+,15+,16+/m0/s1. The van der Waals surface area contributed by atoms with Gasteiger partial charge in [0, 0.05) is 0 Å². The molecule has 6 atom stereocenters. The van der Waals surface area contributed by atoms with Gasteiger partial charge in [0.15, 0.2) is 0 Å². The second kappa shape index (κ2) is 3.73. The van der Waals surface area contributed by atoms with Gasteiger partial charge in [0.05, 0.1) is 11.8 Å². The molecule has 0 amide bonds. The van der Waals surface area contributed by atoms with E-state index in [9.17, 15) is 9.59 Å². The first-order valence-electron chi connectivity index (χ1n) is 7.47. The van der Waals surface area contributed by atoms with Crippen molar-refractivity contribution >= 4 is 17.5 Å². The van der Waals surface area contributed by atoms with Crippen molar-refractivity contribution in [2.24, 2.45) is 35.5 Å². The van der Waals surface area contributed by atoms with Gasteiger partial charge in [-0.1, -0.05) is 48.6 Å². The molecule has 0 aromatic heterocycles. The smallest absolute Gasteiger partial charge is 0.318 e. The van der Waals surface area contributed by atoms with Crippen molar-refractivity contribution in [3.63, 3.8) is 0 Å². The number of rotatable bonds is 1. The largest absolute Gasteiger partial charge is 0.393 e. The maximum Gasteiger partial charge on any atom is 0.318 e. The predicted molar refractivity (Wildman–Crippen MR) is 75.6 cm³/mol. The highest BCUT2D eigenvalue weighted by Crippen LogP contribution is 2.62. The summed E-state index contributed by atoms with van der Waals surface area (Å²) in [6.07, 6.45) is 6.56. The van der Waals surface area contributed by atoms with Crippen LogP contribution in [0.1, 0.15) is 5.56 Å². The zero-order chi connectivity index (χ0) is 14.1. The average molecular weight is 278 g/mol. The summed E-state index contributed by atoms with van der Waals surface area (Å²) in [5.41, 5.74) is 2.56. The van der Waals surface area contributed by atoms with Crippen LogP contribution >= 0.6 is 0 Å². The van der Waals surface area contributed by atoms with Gasteiger partial charge in [-0.3, -0.25) is 9.59 Å². The molecule has 21 heavy (non-hydrogen) atoms. The lowest BCUT2D eigenvalue weighted by Gasteiger charge is -2.54. The highest BCUT2D eigenvalue weighted by molar-refractivity contribution is 5.98. The molecule has 5 aliphatic rings. The monoisotopic (exact) mass is 278 g/mol. The van der Waals surface area contributed by atoms with E-state index >= 15 is 0 Å². The summed E-state index contributed by atoms with van der Waals surface area (Å²) >= 11 is 0. The third kappa shape index (κ3) is 1.29. The van der Waals surface area contributed by atoms with Crippen LogP contribution < -0.4 is 0 Å². The Hall–Kier alpha value is -2.16. The van der Waals surface area contributed by atoms with E-state index in [1.165, 1.54) is 11.1 Å². The zero-order valence-corrected chi connectivity index (χ0v) is 11.3. The number of cyclic esters (lactones) is 2. The molecule has 0 unspecified atom stereocenters. The molecule has 1 aliphatic heterocycles. The van der Waals surface area contributed by atoms with Crippen LogP contribution in [0.2, 0.25) is 0 Å². The van der Waals surface area contributed by atoms with Gasteiger partial charge in [0.25, 0.3) is 0 Å². The number of esters is 2. The molecule has 4 aliphatic carbocycles. The van der Waals surface area contributed by atoms with Crippen molar-refractivity contribution in [2.45, 2.75) is 0 Å². The van der Waals surface area contributed by atoms with Crippen molar-refractivity contribution in [2.75, 3.05) is 0 Å².